The van der Waals surface area contributed by atoms with Crippen molar-refractivity contribution >= 4 is 61.1 Å². The van der Waals surface area contributed by atoms with E-state index in [2.05, 4.69) is 54.9 Å². The summed E-state index contributed by atoms with van der Waals surface area (Å²) in [7, 11) is -10.3. The Morgan fingerprint density at radius 2 is 1.00 bits per heavy atom. The van der Waals surface area contributed by atoms with Crippen LogP contribution in [0.5, 0.6) is 0 Å². The number of aliphatic hydroxyl groups is 3. The van der Waals surface area contributed by atoms with Gasteiger partial charge in [-0.05, 0) is 59.7 Å². The van der Waals surface area contributed by atoms with Gasteiger partial charge in [-0.25, -0.2) is 36.8 Å². The van der Waals surface area contributed by atoms with E-state index in [1.165, 1.54) is 30.3 Å². The number of anilines is 1. The van der Waals surface area contributed by atoms with E-state index in [1.807, 2.05) is 6.07 Å². The normalized spacial score (nSPS) is 13.3. The molecule has 25 heteroatoms. The first kappa shape index (κ1) is 50.8. The topological polar surface area (TPSA) is 332 Å². The Bertz CT molecular complexity index is 3110. The van der Waals surface area contributed by atoms with Crippen LogP contribution in [-0.2, 0) is 20.2 Å². The van der Waals surface area contributed by atoms with Crippen molar-refractivity contribution in [2.45, 2.75) is 9.79 Å². The van der Waals surface area contributed by atoms with Gasteiger partial charge in [-0.3, -0.25) is 29.9 Å². The summed E-state index contributed by atoms with van der Waals surface area (Å²) in [5.74, 6) is 0.162. The second kappa shape index (κ2) is 23.7. The minimum atomic E-state index is -5.16. The quantitative estimate of drug-likeness (QED) is 0.0273. The number of para-hydroxylation sites is 2. The maximum atomic E-state index is 12.5. The van der Waals surface area contributed by atoms with Crippen LogP contribution in [0.4, 0.5) is 28.7 Å². The van der Waals surface area contributed by atoms with Gasteiger partial charge in [-0.2, -0.15) is 4.98 Å². The summed E-state index contributed by atoms with van der Waals surface area (Å²) in [6.45, 7) is -0.563. The first-order valence-corrected chi connectivity index (χ1v) is 21.0. The first-order chi connectivity index (χ1) is 29.3. The van der Waals surface area contributed by atoms with E-state index in [0.29, 0.717) is 11.4 Å². The summed E-state index contributed by atoms with van der Waals surface area (Å²) in [5.41, 5.74) is 1.35. The molecule has 0 aliphatic rings. The van der Waals surface area contributed by atoms with Gasteiger partial charge in [-0.15, -0.1) is 0 Å². The minimum Gasteiger partial charge on any atom is -0.744 e. The van der Waals surface area contributed by atoms with Gasteiger partial charge in [0, 0.05) is 13.1 Å². The number of aromatic amines is 5. The summed E-state index contributed by atoms with van der Waals surface area (Å²) in [6.07, 6.45) is 2.33. The van der Waals surface area contributed by atoms with Crippen LogP contribution in [0.3, 0.4) is 0 Å². The van der Waals surface area contributed by atoms with Gasteiger partial charge in [0.1, 0.15) is 20.2 Å². The summed E-state index contributed by atoms with van der Waals surface area (Å²) in [6, 6.07) is 25.1. The summed E-state index contributed by atoms with van der Waals surface area (Å²) in [4.78, 5) is 41.0. The number of rotatable bonds is 15. The SMILES string of the molecule is O=S(=O)([O-])c1cc(N=c2[nH]c(N(CCO)CCO)nc(=Nc3ccccc3)[nH]2)ccc1/C=C/c1ccc(N=c2[nH]c(=NCCO)[nH]c(=Nc3ccccc3)[nH]2)cc1S(=O)(=O)[O-].[Na+].[Na+]. The van der Waals surface area contributed by atoms with Crippen molar-refractivity contribution in [1.29, 1.82) is 0 Å². The molecule has 318 valence electrons. The molecule has 0 aliphatic heterocycles. The predicted octanol–water partition coefficient (Wildman–Crippen LogP) is -5.68. The van der Waals surface area contributed by atoms with Gasteiger partial charge in [0.15, 0.2) is 0 Å². The zero-order valence-corrected chi connectivity index (χ0v) is 39.5. The monoisotopic (exact) mass is 916 g/mol. The van der Waals surface area contributed by atoms with Crippen molar-refractivity contribution < 1.29 is 100 Å². The fraction of sp³-hybridized carbons (Fsp3) is 0.158. The molecule has 0 fully saturated rings. The van der Waals surface area contributed by atoms with Crippen molar-refractivity contribution in [2.75, 3.05) is 44.4 Å². The minimum absolute atomic E-state index is 0. The average Bonchev–Trinajstić information content (AvgIpc) is 3.22. The molecule has 0 aliphatic carbocycles. The molecule has 8 N–H and O–H groups in total. The number of benzene rings is 4. The molecule has 2 aromatic heterocycles. The molecule has 0 atom stereocenters. The summed E-state index contributed by atoms with van der Waals surface area (Å²) < 4.78 is 75.1. The van der Waals surface area contributed by atoms with Crippen LogP contribution in [0.25, 0.3) is 12.2 Å². The predicted molar refractivity (Wildman–Crippen MR) is 218 cm³/mol. The molecule has 4 aromatic carbocycles. The smallest absolute Gasteiger partial charge is 0.744 e. The Labute approximate surface area is 403 Å². The van der Waals surface area contributed by atoms with Crippen molar-refractivity contribution in [3.8, 4) is 0 Å². The van der Waals surface area contributed by atoms with Gasteiger partial charge in [0.25, 0.3) is 0 Å². The number of aliphatic hydroxyl groups excluding tert-OH is 3. The van der Waals surface area contributed by atoms with E-state index in [9.17, 15) is 41.3 Å². The molecule has 0 saturated heterocycles. The van der Waals surface area contributed by atoms with E-state index >= 15 is 0 Å². The average molecular weight is 917 g/mol. The maximum absolute atomic E-state index is 12.5. The molecule has 6 aromatic rings. The van der Waals surface area contributed by atoms with Crippen LogP contribution in [0.15, 0.2) is 132 Å². The van der Waals surface area contributed by atoms with Gasteiger partial charge in [0.2, 0.25) is 34.0 Å². The molecular formula is C38H38N12Na2O9S2. The fourth-order valence-electron chi connectivity index (χ4n) is 5.59. The molecule has 0 radical (unpaired) electrons. The molecule has 2 heterocycles. The third kappa shape index (κ3) is 14.9. The number of aromatic nitrogens is 6. The largest absolute Gasteiger partial charge is 1.00 e. The molecule has 0 saturated carbocycles. The number of hydrogen-bond donors (Lipinski definition) is 8. The third-order valence-electron chi connectivity index (χ3n) is 8.24. The standard InChI is InChI=1S/C38H40N12O9S2.2Na/c51-20-17-39-33-44-34(40-27-7-3-1-4-8-27)46-35(45-33)42-29-15-13-25(31(23-29)60(54,55)56)11-12-26-14-16-30(24-32(26)61(57,58)59)43-37-47-36(41-28-9-5-2-6-10-28)48-38(49-37)50(18-21-52)19-22-53;;/h1-16,23-24,51-53H,17-22H2,(H,54,55,56)(H,57,58,59)(H2,41,43,47,48,49)(H3,39,40,42,44,45,46);;/q;2*+1/p-2/b12-11+;;. The molecule has 63 heavy (non-hydrogen) atoms. The van der Waals surface area contributed by atoms with Gasteiger partial charge >= 0.3 is 59.1 Å². The molecular weight excluding hydrogens is 879 g/mol. The Kier molecular flexibility index (Phi) is 19.1. The zero-order valence-electron chi connectivity index (χ0n) is 33.9. The van der Waals surface area contributed by atoms with Crippen molar-refractivity contribution in [2.24, 2.45) is 25.0 Å². The summed E-state index contributed by atoms with van der Waals surface area (Å²) in [5, 5.41) is 28.5. The Hall–Kier alpha value is -4.86. The second-order valence-corrected chi connectivity index (χ2v) is 15.3. The molecule has 0 unspecified atom stereocenters. The molecule has 21 nitrogen and oxygen atoms in total. The van der Waals surface area contributed by atoms with Gasteiger partial charge in [-0.1, -0.05) is 60.7 Å². The van der Waals surface area contributed by atoms with Gasteiger partial charge < -0.3 is 29.3 Å². The Morgan fingerprint density at radius 1 is 0.556 bits per heavy atom. The number of nitrogens with one attached hydrogen (secondary N) is 5. The Balaban J connectivity index is 0.00000436. The van der Waals surface area contributed by atoms with Crippen LogP contribution in [0.1, 0.15) is 11.1 Å². The summed E-state index contributed by atoms with van der Waals surface area (Å²) >= 11 is 0. The van der Waals surface area contributed by atoms with Crippen molar-refractivity contribution in [1.82, 2.24) is 29.9 Å². The van der Waals surface area contributed by atoms with Crippen LogP contribution in [0, 0.1) is 0 Å². The van der Waals surface area contributed by atoms with E-state index in [4.69, 9.17) is 0 Å². The zero-order chi connectivity index (χ0) is 43.4. The third-order valence-corrected chi connectivity index (χ3v) is 10.0. The van der Waals surface area contributed by atoms with Crippen LogP contribution < -0.4 is 92.1 Å². The fourth-order valence-corrected chi connectivity index (χ4v) is 6.97. The molecule has 0 bridgehead atoms. The van der Waals surface area contributed by atoms with Crippen LogP contribution in [-0.4, -0.2) is 111 Å². The van der Waals surface area contributed by atoms with E-state index in [-0.39, 0.29) is 155 Å². The maximum Gasteiger partial charge on any atom is 1.00 e. The van der Waals surface area contributed by atoms with Crippen LogP contribution >= 0.6 is 0 Å². The van der Waals surface area contributed by atoms with E-state index in [0.717, 1.165) is 18.2 Å². The van der Waals surface area contributed by atoms with Crippen molar-refractivity contribution in [3.63, 3.8) is 0 Å². The first-order valence-electron chi connectivity index (χ1n) is 18.2. The van der Waals surface area contributed by atoms with Gasteiger partial charge in [0.05, 0.1) is 58.9 Å². The molecule has 6 rings (SSSR count). The second-order valence-electron chi connectivity index (χ2n) is 12.6. The van der Waals surface area contributed by atoms with E-state index < -0.39 is 30.0 Å². The molecule has 0 spiro atoms. The Morgan fingerprint density at radius 3 is 1.46 bits per heavy atom. The van der Waals surface area contributed by atoms with E-state index in [1.54, 1.807) is 59.5 Å². The number of hydrogen-bond acceptors (Lipinski definition) is 16. The molecule has 0 amide bonds. The van der Waals surface area contributed by atoms with Crippen LogP contribution in [0.2, 0.25) is 0 Å². The number of H-pyrrole nitrogens is 5. The number of nitrogens with zero attached hydrogens (tertiary/aromatic N) is 7. The van der Waals surface area contributed by atoms with Crippen molar-refractivity contribution in [3.05, 3.63) is 136 Å².